The summed E-state index contributed by atoms with van der Waals surface area (Å²) in [6.45, 7) is 2.11. The molecule has 1 heterocycles. The highest BCUT2D eigenvalue weighted by atomic mass is 19.1. The van der Waals surface area contributed by atoms with Crippen LogP contribution >= 0.6 is 0 Å². The molecule has 7 heteroatoms. The molecule has 2 aliphatic carbocycles. The second-order valence-corrected chi connectivity index (χ2v) is 7.48. The first-order chi connectivity index (χ1) is 15.9. The van der Waals surface area contributed by atoms with E-state index in [9.17, 15) is 14.0 Å². The molecule has 2 aromatic rings. The number of methoxy groups -OCH3 is 2. The van der Waals surface area contributed by atoms with E-state index in [0.717, 1.165) is 16.7 Å². The summed E-state index contributed by atoms with van der Waals surface area (Å²) in [5.74, 6) is -0.121. The van der Waals surface area contributed by atoms with Crippen molar-refractivity contribution < 1.29 is 27.9 Å². The van der Waals surface area contributed by atoms with E-state index >= 15 is 0 Å². The minimum absolute atomic E-state index is 0.157. The molecule has 0 saturated carbocycles. The van der Waals surface area contributed by atoms with Gasteiger partial charge in [-0.3, -0.25) is 9.59 Å². The molecule has 1 N–H and O–H groups in total. The molecule has 0 aliphatic heterocycles. The fraction of sp³-hybridized carbons (Fsp3) is 0.154. The highest BCUT2D eigenvalue weighted by Crippen LogP contribution is 2.43. The molecule has 0 radical (unpaired) electrons. The van der Waals surface area contributed by atoms with Crippen LogP contribution in [0, 0.1) is 5.82 Å². The van der Waals surface area contributed by atoms with Crippen molar-refractivity contribution in [2.75, 3.05) is 14.2 Å². The maximum absolute atomic E-state index is 14.1. The zero-order valence-electron chi connectivity index (χ0n) is 18.4. The first-order valence-electron chi connectivity index (χ1n) is 10.2. The van der Waals surface area contributed by atoms with Crippen molar-refractivity contribution in [2.24, 2.45) is 0 Å². The number of fused-ring (bicyclic) bond motifs is 1. The van der Waals surface area contributed by atoms with Gasteiger partial charge in [0, 0.05) is 6.08 Å². The van der Waals surface area contributed by atoms with Gasteiger partial charge in [-0.05, 0) is 82.8 Å². The molecule has 0 unspecified atom stereocenters. The SMILES string of the molecule is COC1=CC(=CC2=C(C)/C(=C\C(=O)NCc3ccco3)c3cc(F)ccc32)C=C(OC)C1=O. The van der Waals surface area contributed by atoms with E-state index in [2.05, 4.69) is 5.32 Å². The van der Waals surface area contributed by atoms with Crippen LogP contribution in [0.5, 0.6) is 0 Å². The van der Waals surface area contributed by atoms with Gasteiger partial charge in [0.2, 0.25) is 5.91 Å². The van der Waals surface area contributed by atoms with E-state index in [0.29, 0.717) is 22.5 Å². The summed E-state index contributed by atoms with van der Waals surface area (Å²) in [4.78, 5) is 24.8. The predicted molar refractivity (Wildman–Crippen MR) is 121 cm³/mol. The van der Waals surface area contributed by atoms with Gasteiger partial charge in [-0.2, -0.15) is 0 Å². The van der Waals surface area contributed by atoms with Crippen molar-refractivity contribution in [2.45, 2.75) is 13.5 Å². The number of allylic oxidation sites excluding steroid dienone is 7. The van der Waals surface area contributed by atoms with Crippen LogP contribution in [-0.4, -0.2) is 25.9 Å². The number of amides is 1. The molecule has 168 valence electrons. The monoisotopic (exact) mass is 447 g/mol. The Labute approximate surface area is 190 Å². The average molecular weight is 447 g/mol. The van der Waals surface area contributed by atoms with Crippen molar-refractivity contribution in [3.05, 3.63) is 106 Å². The van der Waals surface area contributed by atoms with Crippen molar-refractivity contribution in [3.63, 3.8) is 0 Å². The van der Waals surface area contributed by atoms with E-state index in [-0.39, 0.29) is 29.8 Å². The van der Waals surface area contributed by atoms with Crippen LogP contribution in [-0.2, 0) is 25.6 Å². The van der Waals surface area contributed by atoms with Crippen molar-refractivity contribution in [3.8, 4) is 0 Å². The number of rotatable bonds is 6. The van der Waals surface area contributed by atoms with E-state index in [1.54, 1.807) is 30.4 Å². The number of ketones is 1. The van der Waals surface area contributed by atoms with Crippen LogP contribution in [0.25, 0.3) is 11.1 Å². The number of hydrogen-bond acceptors (Lipinski definition) is 5. The number of carbonyl (C=O) groups excluding carboxylic acids is 2. The Kier molecular flexibility index (Phi) is 6.13. The zero-order chi connectivity index (χ0) is 23.5. The van der Waals surface area contributed by atoms with Gasteiger partial charge in [-0.25, -0.2) is 4.39 Å². The predicted octanol–water partition coefficient (Wildman–Crippen LogP) is 4.48. The number of hydrogen-bond donors (Lipinski definition) is 1. The summed E-state index contributed by atoms with van der Waals surface area (Å²) in [7, 11) is 2.83. The molecule has 2 aliphatic rings. The molecular weight excluding hydrogens is 425 g/mol. The Morgan fingerprint density at radius 1 is 1.12 bits per heavy atom. The lowest BCUT2D eigenvalue weighted by Gasteiger charge is -2.14. The molecule has 1 amide bonds. The maximum Gasteiger partial charge on any atom is 0.261 e. The minimum atomic E-state index is -0.399. The van der Waals surface area contributed by atoms with Gasteiger partial charge in [-0.15, -0.1) is 0 Å². The summed E-state index contributed by atoms with van der Waals surface area (Å²) in [5, 5.41) is 2.78. The van der Waals surface area contributed by atoms with Crippen LogP contribution in [0.1, 0.15) is 23.8 Å². The molecule has 4 rings (SSSR count). The quantitative estimate of drug-likeness (QED) is 0.661. The standard InChI is InChI=1S/C26H22FNO5/c1-15-20(9-16-10-23(31-2)26(30)24(11-16)32-3)19-7-6-17(27)12-22(19)21(15)13-25(29)28-14-18-5-4-8-33-18/h4-13H,14H2,1-3H3,(H,28,29)/b21-13+. The summed E-state index contributed by atoms with van der Waals surface area (Å²) in [6.07, 6.45) is 8.09. The molecule has 6 nitrogen and oxygen atoms in total. The molecule has 0 saturated heterocycles. The van der Waals surface area contributed by atoms with Gasteiger partial charge in [0.25, 0.3) is 5.78 Å². The fourth-order valence-electron chi connectivity index (χ4n) is 3.81. The van der Waals surface area contributed by atoms with E-state index in [4.69, 9.17) is 13.9 Å². The van der Waals surface area contributed by atoms with Crippen molar-refractivity contribution in [1.82, 2.24) is 5.32 Å². The smallest absolute Gasteiger partial charge is 0.261 e. The summed E-state index contributed by atoms with van der Waals surface area (Å²) >= 11 is 0. The van der Waals surface area contributed by atoms with Gasteiger partial charge in [0.05, 0.1) is 27.0 Å². The number of ether oxygens (including phenoxy) is 2. The zero-order valence-corrected chi connectivity index (χ0v) is 18.4. The Hall–Kier alpha value is -4.13. The molecule has 0 bridgehead atoms. The second-order valence-electron chi connectivity index (χ2n) is 7.48. The van der Waals surface area contributed by atoms with Crippen molar-refractivity contribution in [1.29, 1.82) is 0 Å². The second kappa shape index (κ2) is 9.16. The first-order valence-corrected chi connectivity index (χ1v) is 10.2. The maximum atomic E-state index is 14.1. The Morgan fingerprint density at radius 3 is 2.48 bits per heavy atom. The van der Waals surface area contributed by atoms with Gasteiger partial charge in [-0.1, -0.05) is 6.07 Å². The minimum Gasteiger partial charge on any atom is -0.492 e. The number of halogens is 1. The largest absolute Gasteiger partial charge is 0.492 e. The molecule has 0 fully saturated rings. The molecule has 33 heavy (non-hydrogen) atoms. The molecule has 0 atom stereocenters. The first kappa shape index (κ1) is 22.1. The Bertz CT molecular complexity index is 1250. The van der Waals surface area contributed by atoms with Gasteiger partial charge in [0.15, 0.2) is 11.5 Å². The topological polar surface area (TPSA) is 77.8 Å². The van der Waals surface area contributed by atoms with Gasteiger partial charge < -0.3 is 19.2 Å². The fourth-order valence-corrected chi connectivity index (χ4v) is 3.81. The third-order valence-corrected chi connectivity index (χ3v) is 5.46. The number of Topliss-reactive ketones (excluding diaryl/α,β-unsaturated/α-hetero) is 1. The average Bonchev–Trinajstić information content (AvgIpc) is 3.41. The van der Waals surface area contributed by atoms with Crippen LogP contribution in [0.15, 0.2) is 88.0 Å². The summed E-state index contributed by atoms with van der Waals surface area (Å²) in [5.41, 5.74) is 4.30. The summed E-state index contributed by atoms with van der Waals surface area (Å²) < 4.78 is 29.7. The van der Waals surface area contributed by atoms with E-state index in [1.165, 1.54) is 38.7 Å². The Balaban J connectivity index is 1.73. The van der Waals surface area contributed by atoms with Gasteiger partial charge in [0.1, 0.15) is 11.6 Å². The van der Waals surface area contributed by atoms with Crippen LogP contribution in [0.4, 0.5) is 4.39 Å². The molecule has 1 aromatic heterocycles. The summed E-state index contributed by atoms with van der Waals surface area (Å²) in [6, 6.07) is 7.98. The van der Waals surface area contributed by atoms with E-state index in [1.807, 2.05) is 13.0 Å². The van der Waals surface area contributed by atoms with Crippen LogP contribution in [0.2, 0.25) is 0 Å². The molecule has 1 aromatic carbocycles. The highest BCUT2D eigenvalue weighted by Gasteiger charge is 2.26. The van der Waals surface area contributed by atoms with E-state index < -0.39 is 5.82 Å². The number of nitrogens with one attached hydrogen (secondary N) is 1. The number of carbonyl (C=O) groups is 2. The van der Waals surface area contributed by atoms with Crippen LogP contribution in [0.3, 0.4) is 0 Å². The number of benzene rings is 1. The van der Waals surface area contributed by atoms with Crippen molar-refractivity contribution >= 4 is 22.8 Å². The number of furan rings is 1. The molecular formula is C26H22FNO5. The highest BCUT2D eigenvalue weighted by molar-refractivity contribution is 6.10. The Morgan fingerprint density at radius 2 is 1.85 bits per heavy atom. The third-order valence-electron chi connectivity index (χ3n) is 5.46. The third kappa shape index (κ3) is 4.43. The lowest BCUT2D eigenvalue weighted by molar-refractivity contribution is -0.118. The normalized spacial score (nSPS) is 16.4. The van der Waals surface area contributed by atoms with Gasteiger partial charge >= 0.3 is 0 Å². The van der Waals surface area contributed by atoms with Crippen LogP contribution < -0.4 is 5.32 Å². The molecule has 0 spiro atoms. The lowest BCUT2D eigenvalue weighted by atomic mass is 9.99. The lowest BCUT2D eigenvalue weighted by Crippen LogP contribution is -2.20.